The SMILES string of the molecule is Fc1ccc2[nH]c3c(c2c1)CCCC3NC1CCC(c2ccccc2)CC1. The van der Waals surface area contributed by atoms with Crippen LogP contribution in [0.4, 0.5) is 4.39 Å². The van der Waals surface area contributed by atoms with Crippen molar-refractivity contribution in [3.63, 3.8) is 0 Å². The normalized spacial score (nSPS) is 25.4. The second-order valence-electron chi connectivity index (χ2n) is 8.28. The Kier molecular flexibility index (Phi) is 4.48. The molecule has 2 aliphatic rings. The van der Waals surface area contributed by atoms with E-state index in [0.717, 1.165) is 17.3 Å². The first-order chi connectivity index (χ1) is 13.3. The van der Waals surface area contributed by atoms with Gasteiger partial charge in [-0.3, -0.25) is 0 Å². The summed E-state index contributed by atoms with van der Waals surface area (Å²) in [5, 5.41) is 5.01. The Bertz CT molecular complexity index is 922. The van der Waals surface area contributed by atoms with Gasteiger partial charge < -0.3 is 10.3 Å². The molecule has 2 nitrogen and oxygen atoms in total. The summed E-state index contributed by atoms with van der Waals surface area (Å²) < 4.78 is 13.7. The standard InChI is InChI=1S/C24H27FN2/c25-18-11-14-22-21(15-18)20-7-4-8-23(24(20)27-22)26-19-12-9-17(10-13-19)16-5-2-1-3-6-16/h1-3,5-6,11,14-15,17,19,23,26-27H,4,7-10,12-13H2. The minimum atomic E-state index is -0.140. The molecule has 5 rings (SSSR count). The van der Waals surface area contributed by atoms with Crippen molar-refractivity contribution in [2.75, 3.05) is 0 Å². The molecule has 2 N–H and O–H groups in total. The molecule has 1 saturated carbocycles. The zero-order chi connectivity index (χ0) is 18.2. The number of nitrogens with one attached hydrogen (secondary N) is 2. The molecule has 1 atom stereocenters. The van der Waals surface area contributed by atoms with Crippen LogP contribution in [0.15, 0.2) is 48.5 Å². The maximum absolute atomic E-state index is 13.7. The molecule has 3 aromatic rings. The number of fused-ring (bicyclic) bond motifs is 3. The van der Waals surface area contributed by atoms with Crippen LogP contribution in [-0.4, -0.2) is 11.0 Å². The topological polar surface area (TPSA) is 27.8 Å². The van der Waals surface area contributed by atoms with Crippen LogP contribution in [0.2, 0.25) is 0 Å². The molecule has 0 saturated heterocycles. The number of aromatic nitrogens is 1. The molecule has 27 heavy (non-hydrogen) atoms. The molecule has 0 amide bonds. The Labute approximate surface area is 160 Å². The third-order valence-corrected chi connectivity index (χ3v) is 6.60. The Morgan fingerprint density at radius 2 is 1.74 bits per heavy atom. The molecule has 2 aliphatic carbocycles. The average molecular weight is 362 g/mol. The first-order valence-electron chi connectivity index (χ1n) is 10.4. The number of benzene rings is 2. The smallest absolute Gasteiger partial charge is 0.123 e. The van der Waals surface area contributed by atoms with Gasteiger partial charge in [-0.25, -0.2) is 4.39 Å². The molecule has 0 bridgehead atoms. The highest BCUT2D eigenvalue weighted by Crippen LogP contribution is 2.38. The fourth-order valence-corrected chi connectivity index (χ4v) is 5.20. The third-order valence-electron chi connectivity index (χ3n) is 6.60. The molecule has 140 valence electrons. The fraction of sp³-hybridized carbons (Fsp3) is 0.417. The van der Waals surface area contributed by atoms with E-state index in [2.05, 4.69) is 40.6 Å². The highest BCUT2D eigenvalue weighted by atomic mass is 19.1. The second-order valence-corrected chi connectivity index (χ2v) is 8.28. The van der Waals surface area contributed by atoms with Crippen LogP contribution in [0.1, 0.15) is 67.3 Å². The lowest BCUT2D eigenvalue weighted by molar-refractivity contribution is 0.300. The summed E-state index contributed by atoms with van der Waals surface area (Å²) in [5.74, 6) is 0.570. The maximum atomic E-state index is 13.7. The predicted octanol–water partition coefficient (Wildman–Crippen LogP) is 6.00. The van der Waals surface area contributed by atoms with E-state index in [0.29, 0.717) is 18.0 Å². The number of halogens is 1. The molecule has 2 aromatic carbocycles. The van der Waals surface area contributed by atoms with E-state index in [1.807, 2.05) is 6.07 Å². The molecule has 3 heteroatoms. The van der Waals surface area contributed by atoms with Gasteiger partial charge in [-0.1, -0.05) is 30.3 Å². The molecule has 1 fully saturated rings. The van der Waals surface area contributed by atoms with Gasteiger partial charge >= 0.3 is 0 Å². The summed E-state index contributed by atoms with van der Waals surface area (Å²) in [7, 11) is 0. The van der Waals surface area contributed by atoms with E-state index >= 15 is 0 Å². The van der Waals surface area contributed by atoms with E-state index in [-0.39, 0.29) is 5.82 Å². The van der Waals surface area contributed by atoms with Crippen LogP contribution < -0.4 is 5.32 Å². The maximum Gasteiger partial charge on any atom is 0.123 e. The molecule has 1 unspecified atom stereocenters. The van der Waals surface area contributed by atoms with E-state index in [1.165, 1.54) is 55.3 Å². The van der Waals surface area contributed by atoms with E-state index in [9.17, 15) is 4.39 Å². The number of H-pyrrole nitrogens is 1. The summed E-state index contributed by atoms with van der Waals surface area (Å²) in [6, 6.07) is 17.0. The third kappa shape index (κ3) is 3.29. The second kappa shape index (κ2) is 7.12. The van der Waals surface area contributed by atoms with Crippen molar-refractivity contribution in [3.8, 4) is 0 Å². The molecular formula is C24H27FN2. The Morgan fingerprint density at radius 3 is 2.56 bits per heavy atom. The molecule has 1 aromatic heterocycles. The number of hydrogen-bond donors (Lipinski definition) is 2. The van der Waals surface area contributed by atoms with Crippen molar-refractivity contribution in [1.29, 1.82) is 0 Å². The lowest BCUT2D eigenvalue weighted by Gasteiger charge is -2.34. The molecule has 1 heterocycles. The highest BCUT2D eigenvalue weighted by molar-refractivity contribution is 5.85. The van der Waals surface area contributed by atoms with Crippen LogP contribution in [0.5, 0.6) is 0 Å². The summed E-state index contributed by atoms with van der Waals surface area (Å²) >= 11 is 0. The lowest BCUT2D eigenvalue weighted by atomic mass is 9.81. The van der Waals surface area contributed by atoms with Crippen molar-refractivity contribution in [2.45, 2.75) is 62.9 Å². The minimum absolute atomic E-state index is 0.140. The van der Waals surface area contributed by atoms with Gasteiger partial charge in [-0.2, -0.15) is 0 Å². The van der Waals surface area contributed by atoms with Crippen LogP contribution >= 0.6 is 0 Å². The number of hydrogen-bond acceptors (Lipinski definition) is 1. The monoisotopic (exact) mass is 362 g/mol. The van der Waals surface area contributed by atoms with E-state index in [1.54, 1.807) is 12.1 Å². The number of aryl methyl sites for hydroxylation is 1. The average Bonchev–Trinajstić information content (AvgIpc) is 3.08. The molecule has 0 aliphatic heterocycles. The Morgan fingerprint density at radius 1 is 0.926 bits per heavy atom. The van der Waals surface area contributed by atoms with Gasteiger partial charge in [-0.15, -0.1) is 0 Å². The van der Waals surface area contributed by atoms with Crippen LogP contribution in [0.3, 0.4) is 0 Å². The molecule has 0 spiro atoms. The zero-order valence-corrected chi connectivity index (χ0v) is 15.7. The van der Waals surface area contributed by atoms with E-state index in [4.69, 9.17) is 0 Å². The van der Waals surface area contributed by atoms with Crippen molar-refractivity contribution in [2.24, 2.45) is 0 Å². The molecule has 0 radical (unpaired) electrons. The summed E-state index contributed by atoms with van der Waals surface area (Å²) in [4.78, 5) is 3.59. The fourth-order valence-electron chi connectivity index (χ4n) is 5.20. The van der Waals surface area contributed by atoms with Gasteiger partial charge in [0, 0.05) is 28.7 Å². The first-order valence-corrected chi connectivity index (χ1v) is 10.4. The lowest BCUT2D eigenvalue weighted by Crippen LogP contribution is -2.37. The first kappa shape index (κ1) is 17.0. The van der Waals surface area contributed by atoms with Gasteiger partial charge in [-0.05, 0) is 80.2 Å². The predicted molar refractivity (Wildman–Crippen MR) is 109 cm³/mol. The largest absolute Gasteiger partial charge is 0.357 e. The van der Waals surface area contributed by atoms with Gasteiger partial charge in [0.15, 0.2) is 0 Å². The van der Waals surface area contributed by atoms with Gasteiger partial charge in [0.2, 0.25) is 0 Å². The quantitative estimate of drug-likeness (QED) is 0.587. The van der Waals surface area contributed by atoms with Gasteiger partial charge in [0.1, 0.15) is 5.82 Å². The van der Waals surface area contributed by atoms with E-state index < -0.39 is 0 Å². The van der Waals surface area contributed by atoms with Crippen LogP contribution in [0, 0.1) is 5.82 Å². The van der Waals surface area contributed by atoms with Crippen molar-refractivity contribution < 1.29 is 4.39 Å². The van der Waals surface area contributed by atoms with Gasteiger partial charge in [0.05, 0.1) is 0 Å². The molecular weight excluding hydrogens is 335 g/mol. The Hall–Kier alpha value is -2.13. The van der Waals surface area contributed by atoms with Crippen molar-refractivity contribution in [3.05, 3.63) is 71.2 Å². The Balaban J connectivity index is 1.30. The minimum Gasteiger partial charge on any atom is -0.357 e. The number of aromatic amines is 1. The van der Waals surface area contributed by atoms with Crippen molar-refractivity contribution >= 4 is 10.9 Å². The summed E-state index contributed by atoms with van der Waals surface area (Å²) in [6.07, 6.45) is 8.39. The summed E-state index contributed by atoms with van der Waals surface area (Å²) in [6.45, 7) is 0. The van der Waals surface area contributed by atoms with Gasteiger partial charge in [0.25, 0.3) is 0 Å². The van der Waals surface area contributed by atoms with Crippen LogP contribution in [0.25, 0.3) is 10.9 Å². The summed E-state index contributed by atoms with van der Waals surface area (Å²) in [5.41, 5.74) is 5.19. The number of rotatable bonds is 3. The zero-order valence-electron chi connectivity index (χ0n) is 15.7. The highest BCUT2D eigenvalue weighted by Gasteiger charge is 2.28. The van der Waals surface area contributed by atoms with Crippen LogP contribution in [-0.2, 0) is 6.42 Å². The van der Waals surface area contributed by atoms with Crippen molar-refractivity contribution in [1.82, 2.24) is 10.3 Å².